The van der Waals surface area contributed by atoms with E-state index in [0.29, 0.717) is 5.16 Å². The molecule has 26 heavy (non-hydrogen) atoms. The van der Waals surface area contributed by atoms with E-state index in [9.17, 15) is 4.79 Å². The summed E-state index contributed by atoms with van der Waals surface area (Å²) >= 11 is 1.34. The number of aromatic nitrogens is 4. The first-order valence-corrected chi connectivity index (χ1v) is 10.2. The van der Waals surface area contributed by atoms with Crippen molar-refractivity contribution < 1.29 is 4.79 Å². The van der Waals surface area contributed by atoms with Crippen molar-refractivity contribution >= 4 is 29.0 Å². The number of carbonyl (C=O) groups excluding carboxylic acids is 1. The second-order valence-electron chi connectivity index (χ2n) is 6.78. The number of tetrazole rings is 1. The first-order valence-electron chi connectivity index (χ1n) is 9.19. The monoisotopic (exact) mass is 374 g/mol. The van der Waals surface area contributed by atoms with Gasteiger partial charge in [0, 0.05) is 24.5 Å². The summed E-state index contributed by atoms with van der Waals surface area (Å²) < 4.78 is 1.72. The van der Waals surface area contributed by atoms with Gasteiger partial charge in [-0.2, -0.15) is 0 Å². The van der Waals surface area contributed by atoms with Gasteiger partial charge in [-0.05, 0) is 61.4 Å². The molecular weight excluding hydrogens is 348 g/mol. The number of hydrogen-bond acceptors (Lipinski definition) is 6. The molecule has 7 nitrogen and oxygen atoms in total. The fourth-order valence-electron chi connectivity index (χ4n) is 3.02. The Morgan fingerprint density at radius 3 is 2.50 bits per heavy atom. The molecule has 2 aromatic rings. The summed E-state index contributed by atoms with van der Waals surface area (Å²) in [5, 5.41) is 15.2. The van der Waals surface area contributed by atoms with E-state index in [4.69, 9.17) is 0 Å². The molecule has 1 saturated heterocycles. The Bertz CT molecular complexity index is 707. The molecule has 1 fully saturated rings. The number of benzene rings is 1. The predicted molar refractivity (Wildman–Crippen MR) is 105 cm³/mol. The molecule has 0 atom stereocenters. The Kier molecular flexibility index (Phi) is 6.49. The van der Waals surface area contributed by atoms with Gasteiger partial charge < -0.3 is 10.2 Å². The van der Waals surface area contributed by atoms with Crippen molar-refractivity contribution in [3.05, 3.63) is 24.3 Å². The van der Waals surface area contributed by atoms with E-state index in [2.05, 4.69) is 37.9 Å². The van der Waals surface area contributed by atoms with Gasteiger partial charge in [-0.25, -0.2) is 4.68 Å². The lowest BCUT2D eigenvalue weighted by atomic mass is 10.2. The third-order valence-electron chi connectivity index (χ3n) is 4.41. The average Bonchev–Trinajstić information content (AvgIpc) is 2.95. The number of carbonyl (C=O) groups is 1. The molecule has 0 aliphatic carbocycles. The molecule has 1 aromatic carbocycles. The van der Waals surface area contributed by atoms with Crippen molar-refractivity contribution in [3.63, 3.8) is 0 Å². The lowest BCUT2D eigenvalue weighted by molar-refractivity contribution is -0.113. The molecule has 1 aromatic heterocycles. The molecule has 3 rings (SSSR count). The minimum atomic E-state index is -0.0594. The van der Waals surface area contributed by atoms with E-state index in [-0.39, 0.29) is 17.7 Å². The van der Waals surface area contributed by atoms with Gasteiger partial charge in [0.15, 0.2) is 0 Å². The second kappa shape index (κ2) is 9.02. The van der Waals surface area contributed by atoms with Crippen LogP contribution in [0.15, 0.2) is 29.4 Å². The van der Waals surface area contributed by atoms with Crippen LogP contribution in [-0.4, -0.2) is 45.0 Å². The van der Waals surface area contributed by atoms with Gasteiger partial charge in [0.2, 0.25) is 11.1 Å². The molecule has 0 saturated carbocycles. The van der Waals surface area contributed by atoms with Crippen molar-refractivity contribution in [2.75, 3.05) is 29.1 Å². The van der Waals surface area contributed by atoms with Crippen LogP contribution < -0.4 is 10.2 Å². The van der Waals surface area contributed by atoms with Gasteiger partial charge in [0.05, 0.1) is 11.8 Å². The zero-order valence-electron chi connectivity index (χ0n) is 15.4. The zero-order chi connectivity index (χ0) is 18.4. The van der Waals surface area contributed by atoms with Crippen LogP contribution in [0.1, 0.15) is 45.6 Å². The molecule has 140 valence electrons. The second-order valence-corrected chi connectivity index (χ2v) is 7.73. The Labute approximate surface area is 158 Å². The SMILES string of the molecule is CC(C)n1nnnc1SCC(=O)Nc1ccc(N2CCCCCC2)cc1. The summed E-state index contributed by atoms with van der Waals surface area (Å²) in [6.07, 6.45) is 5.15. The van der Waals surface area contributed by atoms with Crippen molar-refractivity contribution in [1.29, 1.82) is 0 Å². The molecule has 1 N–H and O–H groups in total. The smallest absolute Gasteiger partial charge is 0.234 e. The molecule has 0 spiro atoms. The van der Waals surface area contributed by atoms with Crippen LogP contribution in [-0.2, 0) is 4.79 Å². The van der Waals surface area contributed by atoms with Crippen LogP contribution in [0, 0.1) is 0 Å². The van der Waals surface area contributed by atoms with E-state index >= 15 is 0 Å². The Morgan fingerprint density at radius 1 is 1.15 bits per heavy atom. The first kappa shape index (κ1) is 18.7. The number of rotatable bonds is 6. The first-order chi connectivity index (χ1) is 12.6. The van der Waals surface area contributed by atoms with Crippen molar-refractivity contribution in [2.45, 2.75) is 50.7 Å². The quantitative estimate of drug-likeness (QED) is 0.782. The van der Waals surface area contributed by atoms with Gasteiger partial charge in [0.25, 0.3) is 0 Å². The molecule has 0 bridgehead atoms. The fourth-order valence-corrected chi connectivity index (χ4v) is 3.82. The van der Waals surface area contributed by atoms with Crippen LogP contribution in [0.4, 0.5) is 11.4 Å². The minimum absolute atomic E-state index is 0.0594. The normalized spacial score (nSPS) is 15.1. The summed E-state index contributed by atoms with van der Waals surface area (Å²) in [7, 11) is 0. The van der Waals surface area contributed by atoms with Crippen LogP contribution in [0.5, 0.6) is 0 Å². The molecule has 1 aliphatic heterocycles. The van der Waals surface area contributed by atoms with Crippen LogP contribution in [0.3, 0.4) is 0 Å². The van der Waals surface area contributed by atoms with Crippen molar-refractivity contribution in [2.24, 2.45) is 0 Å². The summed E-state index contributed by atoms with van der Waals surface area (Å²) in [6.45, 7) is 6.25. The standard InChI is InChI=1S/C18H26N6OS/c1-14(2)24-18(20-21-22-24)26-13-17(25)19-15-7-9-16(10-8-15)23-11-5-3-4-6-12-23/h7-10,14H,3-6,11-13H2,1-2H3,(H,19,25). The number of nitrogens with zero attached hydrogens (tertiary/aromatic N) is 5. The Balaban J connectivity index is 1.52. The highest BCUT2D eigenvalue weighted by Crippen LogP contribution is 2.22. The number of nitrogens with one attached hydrogen (secondary N) is 1. The highest BCUT2D eigenvalue weighted by Gasteiger charge is 2.13. The lowest BCUT2D eigenvalue weighted by Crippen LogP contribution is -2.23. The third kappa shape index (κ3) is 4.97. The average molecular weight is 375 g/mol. The predicted octanol–water partition coefficient (Wildman–Crippen LogP) is 3.37. The highest BCUT2D eigenvalue weighted by atomic mass is 32.2. The Morgan fingerprint density at radius 2 is 1.85 bits per heavy atom. The molecule has 2 heterocycles. The van der Waals surface area contributed by atoms with Crippen LogP contribution >= 0.6 is 11.8 Å². The van der Waals surface area contributed by atoms with E-state index in [1.807, 2.05) is 26.0 Å². The highest BCUT2D eigenvalue weighted by molar-refractivity contribution is 7.99. The van der Waals surface area contributed by atoms with Crippen molar-refractivity contribution in [1.82, 2.24) is 20.2 Å². The van der Waals surface area contributed by atoms with Crippen molar-refractivity contribution in [3.8, 4) is 0 Å². The molecule has 0 radical (unpaired) electrons. The number of hydrogen-bond donors (Lipinski definition) is 1. The summed E-state index contributed by atoms with van der Waals surface area (Å²) in [5.74, 6) is 0.219. The Hall–Kier alpha value is -2.09. The lowest BCUT2D eigenvalue weighted by Gasteiger charge is -2.22. The van der Waals surface area contributed by atoms with E-state index in [1.165, 1.54) is 43.1 Å². The van der Waals surface area contributed by atoms with Gasteiger partial charge in [-0.15, -0.1) is 5.10 Å². The summed E-state index contributed by atoms with van der Waals surface area (Å²) in [5.41, 5.74) is 2.05. The minimum Gasteiger partial charge on any atom is -0.372 e. The van der Waals surface area contributed by atoms with Crippen LogP contribution in [0.25, 0.3) is 0 Å². The molecule has 1 amide bonds. The van der Waals surface area contributed by atoms with E-state index < -0.39 is 0 Å². The number of anilines is 2. The number of amides is 1. The molecule has 0 unspecified atom stereocenters. The summed E-state index contributed by atoms with van der Waals surface area (Å²) in [4.78, 5) is 14.6. The fraction of sp³-hybridized carbons (Fsp3) is 0.556. The zero-order valence-corrected chi connectivity index (χ0v) is 16.2. The van der Waals surface area contributed by atoms with Gasteiger partial charge >= 0.3 is 0 Å². The largest absolute Gasteiger partial charge is 0.372 e. The molecule has 1 aliphatic rings. The molecule has 8 heteroatoms. The van der Waals surface area contributed by atoms with Gasteiger partial charge in [-0.1, -0.05) is 24.6 Å². The van der Waals surface area contributed by atoms with Gasteiger partial charge in [-0.3, -0.25) is 4.79 Å². The van der Waals surface area contributed by atoms with Gasteiger partial charge in [0.1, 0.15) is 0 Å². The topological polar surface area (TPSA) is 75.9 Å². The van der Waals surface area contributed by atoms with E-state index in [0.717, 1.165) is 18.8 Å². The molecular formula is C18H26N6OS. The maximum Gasteiger partial charge on any atom is 0.234 e. The van der Waals surface area contributed by atoms with E-state index in [1.54, 1.807) is 4.68 Å². The maximum atomic E-state index is 12.2. The number of thioether (sulfide) groups is 1. The van der Waals surface area contributed by atoms with Crippen LogP contribution in [0.2, 0.25) is 0 Å². The maximum absolute atomic E-state index is 12.2. The summed E-state index contributed by atoms with van der Waals surface area (Å²) in [6, 6.07) is 8.30. The third-order valence-corrected chi connectivity index (χ3v) is 5.34.